The van der Waals surface area contributed by atoms with Crippen molar-refractivity contribution in [3.05, 3.63) is 47.1 Å². The molecule has 1 aliphatic rings. The van der Waals surface area contributed by atoms with Crippen molar-refractivity contribution in [1.29, 1.82) is 0 Å². The van der Waals surface area contributed by atoms with Gasteiger partial charge in [-0.05, 0) is 23.8 Å². The van der Waals surface area contributed by atoms with Gasteiger partial charge < -0.3 is 10.0 Å². The van der Waals surface area contributed by atoms with E-state index < -0.39 is 12.0 Å². The zero-order chi connectivity index (χ0) is 13.4. The lowest BCUT2D eigenvalue weighted by molar-refractivity contribution is -0.138. The summed E-state index contributed by atoms with van der Waals surface area (Å²) in [5.74, 6) is -0.394. The van der Waals surface area contributed by atoms with E-state index in [2.05, 4.69) is 10.2 Å². The third kappa shape index (κ3) is 2.02. The highest BCUT2D eigenvalue weighted by molar-refractivity contribution is 6.29. The summed E-state index contributed by atoms with van der Waals surface area (Å²) in [5.41, 5.74) is 1.85. The Bertz CT molecular complexity index is 630. The molecule has 6 heteroatoms. The van der Waals surface area contributed by atoms with E-state index in [1.165, 1.54) is 0 Å². The van der Waals surface area contributed by atoms with E-state index in [4.69, 9.17) is 11.6 Å². The van der Waals surface area contributed by atoms with E-state index in [1.807, 2.05) is 24.3 Å². The average molecular weight is 276 g/mol. The van der Waals surface area contributed by atoms with Crippen molar-refractivity contribution < 1.29 is 9.90 Å². The van der Waals surface area contributed by atoms with Gasteiger partial charge in [0.1, 0.15) is 6.04 Å². The molecule has 19 heavy (non-hydrogen) atoms. The maximum Gasteiger partial charge on any atom is 0.327 e. The lowest BCUT2D eigenvalue weighted by atomic mass is 10.1. The summed E-state index contributed by atoms with van der Waals surface area (Å²) in [6, 6.07) is 10.2. The zero-order valence-electron chi connectivity index (χ0n) is 9.82. The highest BCUT2D eigenvalue weighted by Gasteiger charge is 2.36. The molecule has 0 saturated carbocycles. The summed E-state index contributed by atoms with van der Waals surface area (Å²) in [4.78, 5) is 13.1. The van der Waals surface area contributed by atoms with Crippen LogP contribution in [0.5, 0.6) is 0 Å². The molecular weight excluding hydrogens is 266 g/mol. The highest BCUT2D eigenvalue weighted by Crippen LogP contribution is 2.37. The quantitative estimate of drug-likeness (QED) is 0.911. The molecule has 0 unspecified atom stereocenters. The number of fused-ring (bicyclic) bond motifs is 1. The number of anilines is 2. The molecular formula is C13H10ClN3O2. The lowest BCUT2D eigenvalue weighted by Gasteiger charge is -2.22. The fraction of sp³-hybridized carbons (Fsp3) is 0.154. The standard InChI is InChI=1S/C13H10ClN3O2/c14-11-5-6-12(16-15-11)17-9-4-2-1-3-8(9)7-10(17)13(18)19/h1-6,10H,7H2,(H,18,19)/t10-/m1/s1. The molecule has 0 aliphatic carbocycles. The first-order chi connectivity index (χ1) is 9.16. The van der Waals surface area contributed by atoms with Crippen LogP contribution in [0.3, 0.4) is 0 Å². The molecule has 5 nitrogen and oxygen atoms in total. The molecule has 0 amide bonds. The van der Waals surface area contributed by atoms with Crippen molar-refractivity contribution in [3.8, 4) is 0 Å². The second kappa shape index (κ2) is 4.51. The van der Waals surface area contributed by atoms with Gasteiger partial charge in [0.05, 0.1) is 0 Å². The number of rotatable bonds is 2. The summed E-state index contributed by atoms with van der Waals surface area (Å²) in [7, 11) is 0. The Morgan fingerprint density at radius 1 is 1.26 bits per heavy atom. The Morgan fingerprint density at radius 3 is 2.74 bits per heavy atom. The molecule has 2 heterocycles. The first kappa shape index (κ1) is 11.9. The van der Waals surface area contributed by atoms with Crippen LogP contribution in [0.4, 0.5) is 11.5 Å². The second-order valence-electron chi connectivity index (χ2n) is 4.27. The normalized spacial score (nSPS) is 17.3. The van der Waals surface area contributed by atoms with E-state index in [9.17, 15) is 9.90 Å². The van der Waals surface area contributed by atoms with Gasteiger partial charge in [-0.15, -0.1) is 10.2 Å². The Balaban J connectivity index is 2.09. The van der Waals surface area contributed by atoms with Crippen LogP contribution >= 0.6 is 11.6 Å². The van der Waals surface area contributed by atoms with Crippen LogP contribution in [-0.2, 0) is 11.2 Å². The molecule has 0 radical (unpaired) electrons. The van der Waals surface area contributed by atoms with Crippen LogP contribution in [0, 0.1) is 0 Å². The number of carbonyl (C=O) groups is 1. The third-order valence-electron chi connectivity index (χ3n) is 3.13. The summed E-state index contributed by atoms with van der Waals surface area (Å²) in [5, 5.41) is 17.4. The molecule has 1 aromatic heterocycles. The monoisotopic (exact) mass is 275 g/mol. The first-order valence-electron chi connectivity index (χ1n) is 5.76. The topological polar surface area (TPSA) is 66.3 Å². The number of para-hydroxylation sites is 1. The summed E-state index contributed by atoms with van der Waals surface area (Å²) >= 11 is 5.71. The van der Waals surface area contributed by atoms with Crippen molar-refractivity contribution in [2.45, 2.75) is 12.5 Å². The van der Waals surface area contributed by atoms with Gasteiger partial charge >= 0.3 is 5.97 Å². The smallest absolute Gasteiger partial charge is 0.327 e. The number of hydrogen-bond donors (Lipinski definition) is 1. The zero-order valence-corrected chi connectivity index (χ0v) is 10.6. The SMILES string of the molecule is O=C(O)[C@H]1Cc2ccccc2N1c1ccc(Cl)nn1. The number of aliphatic carboxylic acids is 1. The van der Waals surface area contributed by atoms with Crippen LogP contribution in [0.2, 0.25) is 5.15 Å². The van der Waals surface area contributed by atoms with Gasteiger partial charge in [0, 0.05) is 12.1 Å². The van der Waals surface area contributed by atoms with E-state index in [-0.39, 0.29) is 5.15 Å². The highest BCUT2D eigenvalue weighted by atomic mass is 35.5. The number of carboxylic acid groups (broad SMARTS) is 1. The first-order valence-corrected chi connectivity index (χ1v) is 6.14. The molecule has 3 rings (SSSR count). The largest absolute Gasteiger partial charge is 0.480 e. The molecule has 0 fully saturated rings. The minimum Gasteiger partial charge on any atom is -0.480 e. The minimum atomic E-state index is -0.882. The van der Waals surface area contributed by atoms with Crippen molar-refractivity contribution >= 4 is 29.1 Å². The molecule has 1 aliphatic heterocycles. The number of halogens is 1. The third-order valence-corrected chi connectivity index (χ3v) is 3.33. The summed E-state index contributed by atoms with van der Waals surface area (Å²) in [6.07, 6.45) is 0.454. The molecule has 1 aromatic carbocycles. The van der Waals surface area contributed by atoms with Gasteiger partial charge in [-0.2, -0.15) is 0 Å². The maximum atomic E-state index is 11.4. The fourth-order valence-corrected chi connectivity index (χ4v) is 2.40. The molecule has 0 saturated heterocycles. The van der Waals surface area contributed by atoms with Crippen molar-refractivity contribution in [2.75, 3.05) is 4.90 Å². The van der Waals surface area contributed by atoms with Crippen molar-refractivity contribution in [1.82, 2.24) is 10.2 Å². The van der Waals surface area contributed by atoms with E-state index in [1.54, 1.807) is 17.0 Å². The Kier molecular flexibility index (Phi) is 2.83. The van der Waals surface area contributed by atoms with Crippen molar-refractivity contribution in [2.24, 2.45) is 0 Å². The van der Waals surface area contributed by atoms with Crippen LogP contribution in [-0.4, -0.2) is 27.3 Å². The van der Waals surface area contributed by atoms with Crippen LogP contribution < -0.4 is 4.90 Å². The number of hydrogen-bond acceptors (Lipinski definition) is 4. The van der Waals surface area contributed by atoms with Crippen molar-refractivity contribution in [3.63, 3.8) is 0 Å². The predicted molar refractivity (Wildman–Crippen MR) is 70.8 cm³/mol. The van der Waals surface area contributed by atoms with Gasteiger partial charge in [-0.1, -0.05) is 29.8 Å². The van der Waals surface area contributed by atoms with E-state index >= 15 is 0 Å². The number of aromatic nitrogens is 2. The Morgan fingerprint density at radius 2 is 2.05 bits per heavy atom. The minimum absolute atomic E-state index is 0.281. The second-order valence-corrected chi connectivity index (χ2v) is 4.66. The summed E-state index contributed by atoms with van der Waals surface area (Å²) < 4.78 is 0. The Hall–Kier alpha value is -2.14. The fourth-order valence-electron chi connectivity index (χ4n) is 2.30. The van der Waals surface area contributed by atoms with Gasteiger partial charge in [-0.25, -0.2) is 4.79 Å². The molecule has 2 aromatic rings. The molecule has 0 spiro atoms. The predicted octanol–water partition coefficient (Wildman–Crippen LogP) is 2.28. The van der Waals surface area contributed by atoms with E-state index in [0.29, 0.717) is 12.2 Å². The van der Waals surface area contributed by atoms with E-state index in [0.717, 1.165) is 11.3 Å². The number of carboxylic acids is 1. The van der Waals surface area contributed by atoms with Gasteiger partial charge in [0.25, 0.3) is 0 Å². The lowest BCUT2D eigenvalue weighted by Crippen LogP contribution is -2.35. The maximum absolute atomic E-state index is 11.4. The molecule has 1 N–H and O–H groups in total. The molecule has 0 bridgehead atoms. The number of benzene rings is 1. The average Bonchev–Trinajstić information content (AvgIpc) is 2.79. The van der Waals surface area contributed by atoms with Gasteiger partial charge in [-0.3, -0.25) is 0 Å². The van der Waals surface area contributed by atoms with Crippen LogP contribution in [0.1, 0.15) is 5.56 Å². The Labute approximate surface area is 114 Å². The van der Waals surface area contributed by atoms with Crippen LogP contribution in [0.25, 0.3) is 0 Å². The molecule has 1 atom stereocenters. The summed E-state index contributed by atoms with van der Waals surface area (Å²) in [6.45, 7) is 0. The molecule has 96 valence electrons. The van der Waals surface area contributed by atoms with Crippen LogP contribution in [0.15, 0.2) is 36.4 Å². The van der Waals surface area contributed by atoms with Gasteiger partial charge in [0.15, 0.2) is 11.0 Å². The van der Waals surface area contributed by atoms with Gasteiger partial charge in [0.2, 0.25) is 0 Å². The number of nitrogens with zero attached hydrogens (tertiary/aromatic N) is 3.